The second kappa shape index (κ2) is 9.41. The normalized spacial score (nSPS) is 10.1. The molecule has 3 aromatic rings. The summed E-state index contributed by atoms with van der Waals surface area (Å²) in [5.41, 5.74) is 2.07. The molecule has 3 aromatic carbocycles. The van der Waals surface area contributed by atoms with E-state index in [4.69, 9.17) is 9.47 Å². The van der Waals surface area contributed by atoms with Crippen molar-refractivity contribution < 1.29 is 19.1 Å². The van der Waals surface area contributed by atoms with Crippen LogP contribution in [0.15, 0.2) is 72.8 Å². The van der Waals surface area contributed by atoms with Crippen LogP contribution in [0.3, 0.4) is 0 Å². The lowest BCUT2D eigenvalue weighted by atomic mass is 10.2. The molecule has 3 rings (SSSR count). The Balaban J connectivity index is 1.60. The van der Waals surface area contributed by atoms with Crippen LogP contribution in [0.1, 0.15) is 15.9 Å². The zero-order valence-electron chi connectivity index (χ0n) is 16.3. The Morgan fingerprint density at radius 2 is 1.66 bits per heavy atom. The van der Waals surface area contributed by atoms with Gasteiger partial charge in [-0.2, -0.15) is 0 Å². The largest absolute Gasteiger partial charge is 0.497 e. The predicted molar refractivity (Wildman–Crippen MR) is 112 cm³/mol. The fourth-order valence-corrected chi connectivity index (χ4v) is 2.61. The SMILES string of the molecule is COc1cccc(C(=O)NCC(=O)Nc2ccccc2Oc2ccc(C)cc2)c1. The predicted octanol–water partition coefficient (Wildman–Crippen LogP) is 4.16. The Labute approximate surface area is 169 Å². The minimum absolute atomic E-state index is 0.172. The first-order valence-electron chi connectivity index (χ1n) is 9.11. The lowest BCUT2D eigenvalue weighted by Gasteiger charge is -2.13. The van der Waals surface area contributed by atoms with E-state index in [1.165, 1.54) is 7.11 Å². The highest BCUT2D eigenvalue weighted by Gasteiger charge is 2.11. The summed E-state index contributed by atoms with van der Waals surface area (Å²) < 4.78 is 11.0. The van der Waals surface area contributed by atoms with Crippen LogP contribution in [0.5, 0.6) is 17.2 Å². The molecule has 0 saturated carbocycles. The molecule has 0 bridgehead atoms. The van der Waals surface area contributed by atoms with E-state index in [0.29, 0.717) is 28.5 Å². The summed E-state index contributed by atoms with van der Waals surface area (Å²) in [6.07, 6.45) is 0. The smallest absolute Gasteiger partial charge is 0.251 e. The fourth-order valence-electron chi connectivity index (χ4n) is 2.61. The molecule has 29 heavy (non-hydrogen) atoms. The number of rotatable bonds is 7. The number of carbonyl (C=O) groups is 2. The van der Waals surface area contributed by atoms with Crippen molar-refractivity contribution >= 4 is 17.5 Å². The molecule has 0 fully saturated rings. The first-order valence-corrected chi connectivity index (χ1v) is 9.11. The van der Waals surface area contributed by atoms with Gasteiger partial charge in [-0.25, -0.2) is 0 Å². The molecule has 0 atom stereocenters. The van der Waals surface area contributed by atoms with E-state index in [-0.39, 0.29) is 18.4 Å². The maximum atomic E-state index is 12.3. The molecule has 0 radical (unpaired) electrons. The molecule has 2 amide bonds. The minimum Gasteiger partial charge on any atom is -0.497 e. The summed E-state index contributed by atoms with van der Waals surface area (Å²) in [7, 11) is 1.53. The van der Waals surface area contributed by atoms with Crippen LogP contribution in [0.2, 0.25) is 0 Å². The molecule has 0 aliphatic rings. The molecule has 6 nitrogen and oxygen atoms in total. The number of nitrogens with one attached hydrogen (secondary N) is 2. The van der Waals surface area contributed by atoms with Gasteiger partial charge in [-0.1, -0.05) is 35.9 Å². The molecule has 0 aromatic heterocycles. The zero-order chi connectivity index (χ0) is 20.6. The minimum atomic E-state index is -0.360. The van der Waals surface area contributed by atoms with Crippen molar-refractivity contribution in [3.05, 3.63) is 83.9 Å². The summed E-state index contributed by atoms with van der Waals surface area (Å²) in [5.74, 6) is 1.04. The molecule has 0 aliphatic carbocycles. The number of para-hydroxylation sites is 2. The number of hydrogen-bond acceptors (Lipinski definition) is 4. The van der Waals surface area contributed by atoms with Gasteiger partial charge in [0.2, 0.25) is 5.91 Å². The van der Waals surface area contributed by atoms with E-state index in [0.717, 1.165) is 5.56 Å². The molecule has 0 heterocycles. The number of benzene rings is 3. The number of ether oxygens (including phenoxy) is 2. The number of hydrogen-bond donors (Lipinski definition) is 2. The van der Waals surface area contributed by atoms with Crippen LogP contribution in [0, 0.1) is 6.92 Å². The zero-order valence-corrected chi connectivity index (χ0v) is 16.3. The van der Waals surface area contributed by atoms with E-state index in [2.05, 4.69) is 10.6 Å². The van der Waals surface area contributed by atoms with Crippen LogP contribution in [-0.2, 0) is 4.79 Å². The van der Waals surface area contributed by atoms with Crippen LogP contribution in [0.4, 0.5) is 5.69 Å². The van der Waals surface area contributed by atoms with Gasteiger partial charge in [-0.15, -0.1) is 0 Å². The molecule has 0 aliphatic heterocycles. The van der Waals surface area contributed by atoms with Crippen molar-refractivity contribution in [3.8, 4) is 17.2 Å². The number of carbonyl (C=O) groups excluding carboxylic acids is 2. The number of methoxy groups -OCH3 is 1. The molecule has 0 unspecified atom stereocenters. The molecule has 6 heteroatoms. The van der Waals surface area contributed by atoms with Crippen molar-refractivity contribution in [1.29, 1.82) is 0 Å². The van der Waals surface area contributed by atoms with Crippen molar-refractivity contribution in [2.45, 2.75) is 6.92 Å². The van der Waals surface area contributed by atoms with Gasteiger partial charge in [-0.05, 0) is 49.4 Å². The Morgan fingerprint density at radius 1 is 0.897 bits per heavy atom. The van der Waals surface area contributed by atoms with Crippen LogP contribution in [-0.4, -0.2) is 25.5 Å². The Morgan fingerprint density at radius 3 is 2.41 bits per heavy atom. The maximum Gasteiger partial charge on any atom is 0.251 e. The lowest BCUT2D eigenvalue weighted by molar-refractivity contribution is -0.115. The molecule has 0 spiro atoms. The van der Waals surface area contributed by atoms with Crippen molar-refractivity contribution in [3.63, 3.8) is 0 Å². The van der Waals surface area contributed by atoms with Gasteiger partial charge in [-0.3, -0.25) is 9.59 Å². The molecule has 0 saturated heterocycles. The highest BCUT2D eigenvalue weighted by atomic mass is 16.5. The first-order chi connectivity index (χ1) is 14.0. The Bertz CT molecular complexity index is 1000. The van der Waals surface area contributed by atoms with Gasteiger partial charge in [0.1, 0.15) is 11.5 Å². The summed E-state index contributed by atoms with van der Waals surface area (Å²) in [6, 6.07) is 21.5. The van der Waals surface area contributed by atoms with E-state index in [1.54, 1.807) is 42.5 Å². The average Bonchev–Trinajstić information content (AvgIpc) is 2.75. The second-order valence-electron chi connectivity index (χ2n) is 6.37. The number of amides is 2. The number of anilines is 1. The number of aryl methyl sites for hydroxylation is 1. The molecular weight excluding hydrogens is 368 g/mol. The summed E-state index contributed by atoms with van der Waals surface area (Å²) in [6.45, 7) is 1.83. The third-order valence-corrected chi connectivity index (χ3v) is 4.15. The Kier molecular flexibility index (Phi) is 6.47. The molecule has 148 valence electrons. The standard InChI is InChI=1S/C23H22N2O4/c1-16-10-12-18(13-11-16)29-21-9-4-3-8-20(21)25-22(26)15-24-23(27)17-6-5-7-19(14-17)28-2/h3-14H,15H2,1-2H3,(H,24,27)(H,25,26). The molecule has 2 N–H and O–H groups in total. The van der Waals surface area contributed by atoms with E-state index in [1.807, 2.05) is 37.3 Å². The summed E-state index contributed by atoms with van der Waals surface area (Å²) >= 11 is 0. The summed E-state index contributed by atoms with van der Waals surface area (Å²) in [4.78, 5) is 24.5. The lowest BCUT2D eigenvalue weighted by Crippen LogP contribution is -2.32. The van der Waals surface area contributed by atoms with Crippen molar-refractivity contribution in [1.82, 2.24) is 5.32 Å². The third kappa shape index (κ3) is 5.59. The third-order valence-electron chi connectivity index (χ3n) is 4.15. The Hall–Kier alpha value is -3.80. The summed E-state index contributed by atoms with van der Waals surface area (Å²) in [5, 5.41) is 5.37. The fraction of sp³-hybridized carbons (Fsp3) is 0.130. The first kappa shape index (κ1) is 19.9. The second-order valence-corrected chi connectivity index (χ2v) is 6.37. The van der Waals surface area contributed by atoms with Crippen LogP contribution >= 0.6 is 0 Å². The van der Waals surface area contributed by atoms with E-state index in [9.17, 15) is 9.59 Å². The van der Waals surface area contributed by atoms with Gasteiger partial charge < -0.3 is 20.1 Å². The van der Waals surface area contributed by atoms with Gasteiger partial charge in [0.15, 0.2) is 5.75 Å². The molecular formula is C23H22N2O4. The highest BCUT2D eigenvalue weighted by Crippen LogP contribution is 2.29. The topological polar surface area (TPSA) is 76.7 Å². The monoisotopic (exact) mass is 390 g/mol. The average molecular weight is 390 g/mol. The van der Waals surface area contributed by atoms with Crippen molar-refractivity contribution in [2.24, 2.45) is 0 Å². The van der Waals surface area contributed by atoms with E-state index >= 15 is 0 Å². The highest BCUT2D eigenvalue weighted by molar-refractivity contribution is 6.00. The van der Waals surface area contributed by atoms with E-state index < -0.39 is 0 Å². The van der Waals surface area contributed by atoms with Gasteiger partial charge in [0.25, 0.3) is 5.91 Å². The van der Waals surface area contributed by atoms with Crippen molar-refractivity contribution in [2.75, 3.05) is 19.0 Å². The maximum absolute atomic E-state index is 12.3. The van der Waals surface area contributed by atoms with Gasteiger partial charge >= 0.3 is 0 Å². The van der Waals surface area contributed by atoms with Gasteiger partial charge in [0.05, 0.1) is 19.3 Å². The van der Waals surface area contributed by atoms with Gasteiger partial charge in [0, 0.05) is 5.56 Å². The van der Waals surface area contributed by atoms with Crippen LogP contribution < -0.4 is 20.1 Å². The van der Waals surface area contributed by atoms with Crippen LogP contribution in [0.25, 0.3) is 0 Å². The quantitative estimate of drug-likeness (QED) is 0.635.